The van der Waals surface area contributed by atoms with Gasteiger partial charge in [-0.2, -0.15) is 0 Å². The molecule has 0 bridgehead atoms. The summed E-state index contributed by atoms with van der Waals surface area (Å²) >= 11 is 0. The zero-order valence-electron chi connectivity index (χ0n) is 18.0. The first-order chi connectivity index (χ1) is 16.3. The van der Waals surface area contributed by atoms with Crippen LogP contribution in [-0.2, 0) is 4.74 Å². The Balaban J connectivity index is 1.60. The second kappa shape index (κ2) is 9.07. The minimum absolute atomic E-state index is 0.0165. The van der Waals surface area contributed by atoms with Gasteiger partial charge < -0.3 is 4.74 Å². The fourth-order valence-corrected chi connectivity index (χ4v) is 3.73. The van der Waals surface area contributed by atoms with E-state index in [4.69, 9.17) is 4.74 Å². The SMILES string of the molecule is CC[C@@H](OC(=O)c1cccc(N2C(=O)c3cccc([N+](=O)[O-])c3C2=O)c1)C(=O)c1ccccc1. The lowest BCUT2D eigenvalue weighted by Crippen LogP contribution is -2.30. The van der Waals surface area contributed by atoms with Gasteiger partial charge in [-0.25, -0.2) is 9.69 Å². The molecule has 0 fully saturated rings. The number of Topliss-reactive ketones (excluding diaryl/α,β-unsaturated/α-hetero) is 1. The third kappa shape index (κ3) is 3.95. The number of nitro groups is 1. The molecule has 0 spiro atoms. The van der Waals surface area contributed by atoms with E-state index in [9.17, 15) is 29.3 Å². The topological polar surface area (TPSA) is 124 Å². The van der Waals surface area contributed by atoms with Crippen LogP contribution in [0.15, 0.2) is 72.8 Å². The molecule has 0 unspecified atom stereocenters. The van der Waals surface area contributed by atoms with Crippen LogP contribution < -0.4 is 4.90 Å². The highest BCUT2D eigenvalue weighted by Gasteiger charge is 2.42. The summed E-state index contributed by atoms with van der Waals surface area (Å²) in [6.45, 7) is 1.71. The fourth-order valence-electron chi connectivity index (χ4n) is 3.73. The van der Waals surface area contributed by atoms with Crippen LogP contribution in [0.3, 0.4) is 0 Å². The van der Waals surface area contributed by atoms with Crippen LogP contribution >= 0.6 is 0 Å². The van der Waals surface area contributed by atoms with E-state index >= 15 is 0 Å². The third-order valence-electron chi connectivity index (χ3n) is 5.40. The minimum Gasteiger partial charge on any atom is -0.450 e. The number of imide groups is 1. The number of carbonyl (C=O) groups is 4. The minimum atomic E-state index is -1.01. The van der Waals surface area contributed by atoms with Crippen LogP contribution in [-0.4, -0.2) is 34.6 Å². The third-order valence-corrected chi connectivity index (χ3v) is 5.40. The van der Waals surface area contributed by atoms with Crippen LogP contribution in [0, 0.1) is 10.1 Å². The molecule has 3 aromatic rings. The number of nitro benzene ring substituents is 1. The van der Waals surface area contributed by atoms with Crippen molar-refractivity contribution in [2.45, 2.75) is 19.4 Å². The van der Waals surface area contributed by atoms with Crippen molar-refractivity contribution in [3.8, 4) is 0 Å². The summed E-state index contributed by atoms with van der Waals surface area (Å²) in [4.78, 5) is 62.6. The maximum Gasteiger partial charge on any atom is 0.338 e. The van der Waals surface area contributed by atoms with E-state index < -0.39 is 34.5 Å². The monoisotopic (exact) mass is 458 g/mol. The van der Waals surface area contributed by atoms with Crippen molar-refractivity contribution in [1.29, 1.82) is 0 Å². The Morgan fingerprint density at radius 2 is 1.62 bits per heavy atom. The van der Waals surface area contributed by atoms with Crippen LogP contribution in [0.2, 0.25) is 0 Å². The average molecular weight is 458 g/mol. The predicted molar refractivity (Wildman–Crippen MR) is 121 cm³/mol. The zero-order valence-corrected chi connectivity index (χ0v) is 18.0. The molecular formula is C25H18N2O7. The molecule has 0 saturated heterocycles. The fraction of sp³-hybridized carbons (Fsp3) is 0.120. The lowest BCUT2D eigenvalue weighted by Gasteiger charge is -2.17. The molecule has 0 N–H and O–H groups in total. The lowest BCUT2D eigenvalue weighted by molar-refractivity contribution is -0.385. The molecule has 0 saturated carbocycles. The zero-order chi connectivity index (χ0) is 24.4. The van der Waals surface area contributed by atoms with Crippen molar-refractivity contribution in [2.75, 3.05) is 4.90 Å². The Morgan fingerprint density at radius 3 is 2.29 bits per heavy atom. The molecule has 1 heterocycles. The van der Waals surface area contributed by atoms with E-state index in [2.05, 4.69) is 0 Å². The number of ether oxygens (including phenoxy) is 1. The van der Waals surface area contributed by atoms with Crippen molar-refractivity contribution < 1.29 is 28.8 Å². The number of hydrogen-bond acceptors (Lipinski definition) is 7. The Hall–Kier alpha value is -4.66. The number of rotatable bonds is 7. The van der Waals surface area contributed by atoms with E-state index in [1.54, 1.807) is 37.3 Å². The van der Waals surface area contributed by atoms with Gasteiger partial charge in [-0.1, -0.05) is 49.4 Å². The van der Waals surface area contributed by atoms with Gasteiger partial charge in [0.25, 0.3) is 17.5 Å². The van der Waals surface area contributed by atoms with Crippen molar-refractivity contribution in [2.24, 2.45) is 0 Å². The summed E-state index contributed by atoms with van der Waals surface area (Å²) in [7, 11) is 0. The summed E-state index contributed by atoms with van der Waals surface area (Å²) < 4.78 is 5.42. The summed E-state index contributed by atoms with van der Waals surface area (Å²) in [6.07, 6.45) is -0.762. The molecule has 2 amide bonds. The summed E-state index contributed by atoms with van der Waals surface area (Å²) in [5.74, 6) is -2.75. The second-order valence-corrected chi connectivity index (χ2v) is 7.49. The molecule has 1 atom stereocenters. The molecule has 0 aromatic heterocycles. The normalized spacial score (nSPS) is 13.4. The number of carbonyl (C=O) groups excluding carboxylic acids is 4. The Labute approximate surface area is 193 Å². The second-order valence-electron chi connectivity index (χ2n) is 7.49. The van der Waals surface area contributed by atoms with Gasteiger partial charge in [-0.15, -0.1) is 0 Å². The first kappa shape index (κ1) is 22.5. The first-order valence-corrected chi connectivity index (χ1v) is 10.4. The van der Waals surface area contributed by atoms with Gasteiger partial charge in [0.15, 0.2) is 6.10 Å². The molecule has 3 aromatic carbocycles. The van der Waals surface area contributed by atoms with Crippen molar-refractivity contribution in [3.63, 3.8) is 0 Å². The number of benzene rings is 3. The number of nitrogens with zero attached hydrogens (tertiary/aromatic N) is 2. The highest BCUT2D eigenvalue weighted by molar-refractivity contribution is 6.35. The molecule has 4 rings (SSSR count). The highest BCUT2D eigenvalue weighted by atomic mass is 16.6. The maximum absolute atomic E-state index is 12.9. The molecule has 34 heavy (non-hydrogen) atoms. The smallest absolute Gasteiger partial charge is 0.338 e. The Bertz CT molecular complexity index is 1330. The Kier molecular flexibility index (Phi) is 6.01. The number of anilines is 1. The van der Waals surface area contributed by atoms with Gasteiger partial charge in [0.1, 0.15) is 5.56 Å². The molecule has 0 aliphatic carbocycles. The van der Waals surface area contributed by atoms with Crippen molar-refractivity contribution in [3.05, 3.63) is 105 Å². The molecule has 9 nitrogen and oxygen atoms in total. The summed E-state index contributed by atoms with van der Waals surface area (Å²) in [5.41, 5.74) is -0.389. The van der Waals surface area contributed by atoms with Gasteiger partial charge in [-0.3, -0.25) is 24.5 Å². The van der Waals surface area contributed by atoms with E-state index in [1.165, 1.54) is 36.4 Å². The molecule has 1 aliphatic heterocycles. The number of fused-ring (bicyclic) bond motifs is 1. The standard InChI is InChI=1S/C25H18N2O7/c1-2-20(22(28)15-8-4-3-5-9-15)34-25(31)16-10-6-11-17(14-16)26-23(29)18-12-7-13-19(27(32)33)21(18)24(26)30/h3-14,20H,2H2,1H3/t20-/m1/s1. The molecule has 1 aliphatic rings. The summed E-state index contributed by atoms with van der Waals surface area (Å²) in [5, 5.41) is 11.3. The quantitative estimate of drug-likeness (QED) is 0.171. The van der Waals surface area contributed by atoms with E-state index in [-0.39, 0.29) is 34.6 Å². The Morgan fingerprint density at radius 1 is 0.941 bits per heavy atom. The van der Waals surface area contributed by atoms with E-state index in [1.807, 2.05) is 0 Å². The van der Waals surface area contributed by atoms with Crippen LogP contribution in [0.1, 0.15) is 54.8 Å². The predicted octanol–water partition coefficient (Wildman–Crippen LogP) is 4.21. The van der Waals surface area contributed by atoms with Gasteiger partial charge in [0.05, 0.1) is 21.7 Å². The summed E-state index contributed by atoms with van der Waals surface area (Å²) in [6, 6.07) is 17.8. The molecule has 9 heteroatoms. The lowest BCUT2D eigenvalue weighted by atomic mass is 10.0. The van der Waals surface area contributed by atoms with Crippen LogP contribution in [0.4, 0.5) is 11.4 Å². The first-order valence-electron chi connectivity index (χ1n) is 10.4. The van der Waals surface area contributed by atoms with Gasteiger partial charge in [-0.05, 0) is 30.7 Å². The van der Waals surface area contributed by atoms with Gasteiger partial charge in [0, 0.05) is 11.6 Å². The molecule has 170 valence electrons. The number of esters is 1. The molecular weight excluding hydrogens is 440 g/mol. The maximum atomic E-state index is 12.9. The largest absolute Gasteiger partial charge is 0.450 e. The number of hydrogen-bond donors (Lipinski definition) is 0. The number of ketones is 1. The van der Waals surface area contributed by atoms with Gasteiger partial charge >= 0.3 is 5.97 Å². The van der Waals surface area contributed by atoms with Crippen molar-refractivity contribution >= 4 is 34.9 Å². The highest BCUT2D eigenvalue weighted by Crippen LogP contribution is 2.34. The van der Waals surface area contributed by atoms with Crippen LogP contribution in [0.5, 0.6) is 0 Å². The number of amides is 2. The van der Waals surface area contributed by atoms with E-state index in [0.29, 0.717) is 5.56 Å². The van der Waals surface area contributed by atoms with Gasteiger partial charge in [0.2, 0.25) is 5.78 Å². The average Bonchev–Trinajstić information content (AvgIpc) is 3.12. The molecule has 0 radical (unpaired) electrons. The van der Waals surface area contributed by atoms with E-state index in [0.717, 1.165) is 11.0 Å². The van der Waals surface area contributed by atoms with Crippen LogP contribution in [0.25, 0.3) is 0 Å². The van der Waals surface area contributed by atoms with Crippen molar-refractivity contribution in [1.82, 2.24) is 0 Å².